The van der Waals surface area contributed by atoms with E-state index in [4.69, 9.17) is 9.47 Å². The van der Waals surface area contributed by atoms with Crippen molar-refractivity contribution < 1.29 is 14.3 Å². The van der Waals surface area contributed by atoms with Crippen LogP contribution >= 0.6 is 0 Å². The first-order chi connectivity index (χ1) is 13.0. The van der Waals surface area contributed by atoms with Crippen LogP contribution < -0.4 is 14.4 Å². The fraction of sp³-hybridized carbons (Fsp3) is 0.409. The van der Waals surface area contributed by atoms with Crippen LogP contribution in [0.25, 0.3) is 0 Å². The lowest BCUT2D eigenvalue weighted by Gasteiger charge is -2.36. The van der Waals surface area contributed by atoms with Gasteiger partial charge in [0.1, 0.15) is 0 Å². The Kier molecular flexibility index (Phi) is 4.68. The summed E-state index contributed by atoms with van der Waals surface area (Å²) in [5.41, 5.74) is 1.82. The molecule has 2 aliphatic heterocycles. The first-order valence-corrected chi connectivity index (χ1v) is 9.51. The smallest absolute Gasteiger partial charge is 0.254 e. The second-order valence-electron chi connectivity index (χ2n) is 8.02. The molecule has 0 radical (unpaired) electrons. The largest absolute Gasteiger partial charge is 0.489 e. The molecule has 4 rings (SSSR count). The average Bonchev–Trinajstić information content (AvgIpc) is 2.86. The summed E-state index contributed by atoms with van der Waals surface area (Å²) in [6, 6.07) is 15.9. The zero-order valence-electron chi connectivity index (χ0n) is 16.0. The lowest BCUT2D eigenvalue weighted by molar-refractivity contribution is 0.0746. The van der Waals surface area contributed by atoms with Gasteiger partial charge in [0.2, 0.25) is 0 Å². The van der Waals surface area contributed by atoms with E-state index >= 15 is 0 Å². The molecule has 1 fully saturated rings. The van der Waals surface area contributed by atoms with Crippen LogP contribution in [0.1, 0.15) is 24.2 Å². The number of carbonyl (C=O) groups excluding carboxylic acids is 1. The molecular formula is C22H26N2O3. The Morgan fingerprint density at radius 1 is 0.889 bits per heavy atom. The van der Waals surface area contributed by atoms with Crippen molar-refractivity contribution in [2.75, 3.05) is 44.3 Å². The highest BCUT2D eigenvalue weighted by Gasteiger charge is 2.27. The molecular weight excluding hydrogens is 340 g/mol. The van der Waals surface area contributed by atoms with Crippen LogP contribution in [0.3, 0.4) is 0 Å². The van der Waals surface area contributed by atoms with E-state index in [1.807, 2.05) is 41.3 Å². The van der Waals surface area contributed by atoms with Gasteiger partial charge >= 0.3 is 0 Å². The molecule has 0 atom stereocenters. The first kappa shape index (κ1) is 17.7. The molecule has 5 nitrogen and oxygen atoms in total. The van der Waals surface area contributed by atoms with Gasteiger partial charge in [-0.25, -0.2) is 0 Å². The first-order valence-electron chi connectivity index (χ1n) is 9.51. The van der Waals surface area contributed by atoms with Gasteiger partial charge in [0, 0.05) is 42.8 Å². The summed E-state index contributed by atoms with van der Waals surface area (Å²) in [7, 11) is 0. The van der Waals surface area contributed by atoms with Crippen LogP contribution in [0.5, 0.6) is 11.5 Å². The summed E-state index contributed by atoms with van der Waals surface area (Å²) in [6.45, 7) is 8.52. The standard InChI is InChI=1S/C22H26N2O3/c1-22(2)15-26-19-9-8-17(14-20(19)27-16-22)21(25)24-12-10-23(11-13-24)18-6-4-3-5-7-18/h3-9,14H,10-13,15-16H2,1-2H3. The Balaban J connectivity index is 1.43. The van der Waals surface area contributed by atoms with Crippen LogP contribution in [0.2, 0.25) is 0 Å². The fourth-order valence-electron chi connectivity index (χ4n) is 3.45. The van der Waals surface area contributed by atoms with Gasteiger partial charge in [-0.15, -0.1) is 0 Å². The second-order valence-corrected chi connectivity index (χ2v) is 8.02. The minimum atomic E-state index is -0.0447. The number of rotatable bonds is 2. The van der Waals surface area contributed by atoms with Gasteiger partial charge in [-0.3, -0.25) is 4.79 Å². The normalized spacial score (nSPS) is 18.7. The summed E-state index contributed by atoms with van der Waals surface area (Å²) in [5.74, 6) is 1.43. The number of carbonyl (C=O) groups is 1. The predicted molar refractivity (Wildman–Crippen MR) is 106 cm³/mol. The van der Waals surface area contributed by atoms with Gasteiger partial charge in [-0.05, 0) is 30.3 Å². The van der Waals surface area contributed by atoms with E-state index in [9.17, 15) is 4.79 Å². The molecule has 0 unspecified atom stereocenters. The molecule has 0 N–H and O–H groups in total. The molecule has 0 spiro atoms. The van der Waals surface area contributed by atoms with Crippen LogP contribution in [0.15, 0.2) is 48.5 Å². The Morgan fingerprint density at radius 3 is 2.26 bits per heavy atom. The highest BCUT2D eigenvalue weighted by Crippen LogP contribution is 2.34. The number of piperazine rings is 1. The number of fused-ring (bicyclic) bond motifs is 1. The molecule has 2 aromatic rings. The second kappa shape index (κ2) is 7.14. The van der Waals surface area contributed by atoms with Crippen molar-refractivity contribution >= 4 is 11.6 Å². The highest BCUT2D eigenvalue weighted by atomic mass is 16.5. The zero-order valence-corrected chi connectivity index (χ0v) is 16.0. The number of hydrogen-bond donors (Lipinski definition) is 0. The van der Waals surface area contributed by atoms with Crippen molar-refractivity contribution in [1.82, 2.24) is 4.90 Å². The molecule has 1 saturated heterocycles. The van der Waals surface area contributed by atoms with E-state index in [2.05, 4.69) is 30.9 Å². The number of nitrogens with zero attached hydrogens (tertiary/aromatic N) is 2. The predicted octanol–water partition coefficient (Wildman–Crippen LogP) is 3.45. The molecule has 0 bridgehead atoms. The van der Waals surface area contributed by atoms with Crippen molar-refractivity contribution in [3.63, 3.8) is 0 Å². The SMILES string of the molecule is CC1(C)COc2ccc(C(=O)N3CCN(c4ccccc4)CC3)cc2OC1. The van der Waals surface area contributed by atoms with Gasteiger partial charge in [-0.1, -0.05) is 32.0 Å². The Labute approximate surface area is 160 Å². The van der Waals surface area contributed by atoms with Crippen molar-refractivity contribution in [3.8, 4) is 11.5 Å². The number of anilines is 1. The maximum atomic E-state index is 13.0. The van der Waals surface area contributed by atoms with Crippen LogP contribution in [0, 0.1) is 5.41 Å². The average molecular weight is 366 g/mol. The van der Waals surface area contributed by atoms with Gasteiger partial charge in [0.15, 0.2) is 11.5 Å². The van der Waals surface area contributed by atoms with Crippen molar-refractivity contribution in [1.29, 1.82) is 0 Å². The Morgan fingerprint density at radius 2 is 1.56 bits per heavy atom. The minimum absolute atomic E-state index is 0.0447. The van der Waals surface area contributed by atoms with E-state index in [0.29, 0.717) is 30.3 Å². The topological polar surface area (TPSA) is 42.0 Å². The monoisotopic (exact) mass is 366 g/mol. The van der Waals surface area contributed by atoms with E-state index in [1.54, 1.807) is 0 Å². The summed E-state index contributed by atoms with van der Waals surface area (Å²) < 4.78 is 11.8. The van der Waals surface area contributed by atoms with Crippen LogP contribution in [-0.4, -0.2) is 50.2 Å². The number of amides is 1. The lowest BCUT2D eigenvalue weighted by Crippen LogP contribution is -2.48. The maximum Gasteiger partial charge on any atom is 0.254 e. The van der Waals surface area contributed by atoms with Gasteiger partial charge in [0.25, 0.3) is 5.91 Å². The van der Waals surface area contributed by atoms with E-state index in [0.717, 1.165) is 26.2 Å². The molecule has 0 saturated carbocycles. The van der Waals surface area contributed by atoms with E-state index in [1.165, 1.54) is 5.69 Å². The van der Waals surface area contributed by atoms with Gasteiger partial charge in [0.05, 0.1) is 13.2 Å². The highest BCUT2D eigenvalue weighted by molar-refractivity contribution is 5.95. The molecule has 142 valence electrons. The van der Waals surface area contributed by atoms with Crippen molar-refractivity contribution in [2.45, 2.75) is 13.8 Å². The van der Waals surface area contributed by atoms with Crippen molar-refractivity contribution in [2.24, 2.45) is 5.41 Å². The fourth-order valence-corrected chi connectivity index (χ4v) is 3.45. The number of benzene rings is 2. The molecule has 0 aromatic heterocycles. The van der Waals surface area contributed by atoms with Crippen LogP contribution in [0.4, 0.5) is 5.69 Å². The molecule has 2 heterocycles. The third-order valence-corrected chi connectivity index (χ3v) is 5.12. The molecule has 2 aliphatic rings. The number of hydrogen-bond acceptors (Lipinski definition) is 4. The maximum absolute atomic E-state index is 13.0. The number of para-hydroxylation sites is 1. The lowest BCUT2D eigenvalue weighted by atomic mass is 9.97. The molecule has 27 heavy (non-hydrogen) atoms. The molecule has 0 aliphatic carbocycles. The third-order valence-electron chi connectivity index (χ3n) is 5.12. The molecule has 2 aromatic carbocycles. The quantitative estimate of drug-likeness (QED) is 0.816. The van der Waals surface area contributed by atoms with Crippen molar-refractivity contribution in [3.05, 3.63) is 54.1 Å². The van der Waals surface area contributed by atoms with E-state index in [-0.39, 0.29) is 11.3 Å². The van der Waals surface area contributed by atoms with E-state index < -0.39 is 0 Å². The van der Waals surface area contributed by atoms with Gasteiger partial charge < -0.3 is 19.3 Å². The van der Waals surface area contributed by atoms with Crippen LogP contribution in [-0.2, 0) is 0 Å². The minimum Gasteiger partial charge on any atom is -0.489 e. The molecule has 5 heteroatoms. The summed E-state index contributed by atoms with van der Waals surface area (Å²) >= 11 is 0. The summed E-state index contributed by atoms with van der Waals surface area (Å²) in [6.07, 6.45) is 0. The van der Waals surface area contributed by atoms with Gasteiger partial charge in [-0.2, -0.15) is 0 Å². The zero-order chi connectivity index (χ0) is 18.9. The molecule has 1 amide bonds. The Bertz CT molecular complexity index is 812. The third kappa shape index (κ3) is 3.87. The summed E-state index contributed by atoms with van der Waals surface area (Å²) in [5, 5.41) is 0. The number of ether oxygens (including phenoxy) is 2. The Hall–Kier alpha value is -2.69. The summed E-state index contributed by atoms with van der Waals surface area (Å²) in [4.78, 5) is 17.2.